The number of piperidine rings is 1. The average Bonchev–Trinajstić information content (AvgIpc) is 2.62. The zero-order valence-corrected chi connectivity index (χ0v) is 13.7. The highest BCUT2D eigenvalue weighted by Crippen LogP contribution is 2.20. The van der Waals surface area contributed by atoms with Gasteiger partial charge in [0.2, 0.25) is 0 Å². The van der Waals surface area contributed by atoms with E-state index in [1.165, 1.54) is 12.3 Å². The zero-order valence-electron chi connectivity index (χ0n) is 13.7. The Morgan fingerprint density at radius 3 is 2.67 bits per heavy atom. The second-order valence-electron chi connectivity index (χ2n) is 6.20. The molecule has 0 spiro atoms. The van der Waals surface area contributed by atoms with Crippen molar-refractivity contribution in [2.75, 3.05) is 18.0 Å². The molecule has 126 valence electrons. The number of hydrogen-bond acceptors (Lipinski definition) is 4. The monoisotopic (exact) mass is 328 g/mol. The SMILES string of the molecule is CC1CCN(c2cnc(C(=O)NCc3ccccc3F)cn2)CC1. The Labute approximate surface area is 140 Å². The third-order valence-corrected chi connectivity index (χ3v) is 4.38. The number of nitrogens with one attached hydrogen (secondary N) is 1. The fourth-order valence-corrected chi connectivity index (χ4v) is 2.75. The molecule has 24 heavy (non-hydrogen) atoms. The number of halogens is 1. The first-order valence-electron chi connectivity index (χ1n) is 8.22. The lowest BCUT2D eigenvalue weighted by atomic mass is 9.99. The van der Waals surface area contributed by atoms with Crippen LogP contribution in [0.25, 0.3) is 0 Å². The molecule has 0 aliphatic carbocycles. The molecule has 1 saturated heterocycles. The van der Waals surface area contributed by atoms with Gasteiger partial charge >= 0.3 is 0 Å². The molecule has 6 heteroatoms. The van der Waals surface area contributed by atoms with Gasteiger partial charge in [0.15, 0.2) is 0 Å². The van der Waals surface area contributed by atoms with Gasteiger partial charge in [0.1, 0.15) is 17.3 Å². The molecule has 2 aromatic rings. The van der Waals surface area contributed by atoms with Crippen LogP contribution in [0.15, 0.2) is 36.7 Å². The zero-order chi connectivity index (χ0) is 16.9. The summed E-state index contributed by atoms with van der Waals surface area (Å²) in [5.74, 6) is 0.855. The molecule has 1 N–H and O–H groups in total. The fraction of sp³-hybridized carbons (Fsp3) is 0.389. The van der Waals surface area contributed by atoms with E-state index >= 15 is 0 Å². The summed E-state index contributed by atoms with van der Waals surface area (Å²) in [5, 5.41) is 2.67. The van der Waals surface area contributed by atoms with E-state index < -0.39 is 0 Å². The van der Waals surface area contributed by atoms with Crippen molar-refractivity contribution in [1.29, 1.82) is 0 Å². The summed E-state index contributed by atoms with van der Waals surface area (Å²) in [5.41, 5.74) is 0.679. The van der Waals surface area contributed by atoms with Crippen LogP contribution in [0.4, 0.5) is 10.2 Å². The number of carbonyl (C=O) groups excluding carboxylic acids is 1. The summed E-state index contributed by atoms with van der Waals surface area (Å²) >= 11 is 0. The van der Waals surface area contributed by atoms with Gasteiger partial charge in [-0.05, 0) is 24.8 Å². The van der Waals surface area contributed by atoms with Crippen molar-refractivity contribution in [3.05, 3.63) is 53.7 Å². The van der Waals surface area contributed by atoms with Crippen molar-refractivity contribution in [2.24, 2.45) is 5.92 Å². The number of nitrogens with zero attached hydrogens (tertiary/aromatic N) is 3. The Bertz CT molecular complexity index is 696. The van der Waals surface area contributed by atoms with Crippen LogP contribution >= 0.6 is 0 Å². The number of amides is 1. The van der Waals surface area contributed by atoms with Crippen LogP contribution in [0, 0.1) is 11.7 Å². The van der Waals surface area contributed by atoms with E-state index in [1.807, 2.05) is 0 Å². The van der Waals surface area contributed by atoms with Crippen LogP contribution < -0.4 is 10.2 Å². The molecular formula is C18H21FN4O. The summed E-state index contributed by atoms with van der Waals surface area (Å²) in [6.07, 6.45) is 5.40. The minimum Gasteiger partial charge on any atom is -0.355 e. The van der Waals surface area contributed by atoms with Crippen LogP contribution in [0.3, 0.4) is 0 Å². The van der Waals surface area contributed by atoms with Gasteiger partial charge in [-0.15, -0.1) is 0 Å². The van der Waals surface area contributed by atoms with Crippen LogP contribution in [0.5, 0.6) is 0 Å². The molecule has 1 amide bonds. The van der Waals surface area contributed by atoms with E-state index in [2.05, 4.69) is 27.1 Å². The van der Waals surface area contributed by atoms with Gasteiger partial charge in [0.05, 0.1) is 12.4 Å². The Morgan fingerprint density at radius 1 is 1.25 bits per heavy atom. The predicted molar refractivity (Wildman–Crippen MR) is 90.2 cm³/mol. The minimum atomic E-state index is -0.357. The second kappa shape index (κ2) is 7.38. The van der Waals surface area contributed by atoms with Crippen molar-refractivity contribution >= 4 is 11.7 Å². The molecule has 0 saturated carbocycles. The highest BCUT2D eigenvalue weighted by molar-refractivity contribution is 5.91. The fourth-order valence-electron chi connectivity index (χ4n) is 2.75. The third-order valence-electron chi connectivity index (χ3n) is 4.38. The van der Waals surface area contributed by atoms with Crippen molar-refractivity contribution < 1.29 is 9.18 Å². The standard InChI is InChI=1S/C18H21FN4O/c1-13-6-8-23(9-7-13)17-12-20-16(11-21-17)18(24)22-10-14-4-2-3-5-15(14)19/h2-5,11-13H,6-10H2,1H3,(H,22,24). The maximum Gasteiger partial charge on any atom is 0.271 e. The van der Waals surface area contributed by atoms with E-state index in [1.54, 1.807) is 24.4 Å². The van der Waals surface area contributed by atoms with E-state index in [4.69, 9.17) is 0 Å². The molecule has 3 rings (SSSR count). The normalized spacial score (nSPS) is 15.3. The molecule has 0 bridgehead atoms. The third kappa shape index (κ3) is 3.88. The summed E-state index contributed by atoms with van der Waals surface area (Å²) in [6, 6.07) is 6.36. The van der Waals surface area contributed by atoms with Crippen molar-refractivity contribution in [3.63, 3.8) is 0 Å². The summed E-state index contributed by atoms with van der Waals surface area (Å²) < 4.78 is 13.5. The van der Waals surface area contributed by atoms with E-state index in [0.717, 1.165) is 37.7 Å². The Kier molecular flexibility index (Phi) is 5.03. The van der Waals surface area contributed by atoms with Crippen LogP contribution in [0.1, 0.15) is 35.8 Å². The van der Waals surface area contributed by atoms with Gasteiger partial charge in [0, 0.05) is 25.2 Å². The largest absolute Gasteiger partial charge is 0.355 e. The van der Waals surface area contributed by atoms with Crippen molar-refractivity contribution in [2.45, 2.75) is 26.3 Å². The molecule has 0 atom stereocenters. The van der Waals surface area contributed by atoms with E-state index in [-0.39, 0.29) is 24.0 Å². The van der Waals surface area contributed by atoms with Gasteiger partial charge in [0.25, 0.3) is 5.91 Å². The maximum atomic E-state index is 13.5. The van der Waals surface area contributed by atoms with Gasteiger partial charge in [-0.25, -0.2) is 14.4 Å². The molecule has 2 heterocycles. The quantitative estimate of drug-likeness (QED) is 0.937. The molecule has 5 nitrogen and oxygen atoms in total. The molecular weight excluding hydrogens is 307 g/mol. The average molecular weight is 328 g/mol. The predicted octanol–water partition coefficient (Wildman–Crippen LogP) is 2.78. The lowest BCUT2D eigenvalue weighted by Gasteiger charge is -2.30. The molecule has 1 aromatic heterocycles. The van der Waals surface area contributed by atoms with Crippen molar-refractivity contribution in [1.82, 2.24) is 15.3 Å². The summed E-state index contributed by atoms with van der Waals surface area (Å²) in [7, 11) is 0. The summed E-state index contributed by atoms with van der Waals surface area (Å²) in [6.45, 7) is 4.31. The van der Waals surface area contributed by atoms with Gasteiger partial charge in [-0.3, -0.25) is 4.79 Å². The maximum absolute atomic E-state index is 13.5. The molecule has 0 unspecified atom stereocenters. The number of anilines is 1. The number of aromatic nitrogens is 2. The first-order valence-corrected chi connectivity index (χ1v) is 8.22. The second-order valence-corrected chi connectivity index (χ2v) is 6.20. The highest BCUT2D eigenvalue weighted by Gasteiger charge is 2.17. The molecule has 1 aliphatic heterocycles. The molecule has 1 aromatic carbocycles. The lowest BCUT2D eigenvalue weighted by molar-refractivity contribution is 0.0945. The topological polar surface area (TPSA) is 58.1 Å². The number of rotatable bonds is 4. The molecule has 1 aliphatic rings. The smallest absolute Gasteiger partial charge is 0.271 e. The highest BCUT2D eigenvalue weighted by atomic mass is 19.1. The van der Waals surface area contributed by atoms with Crippen LogP contribution in [-0.4, -0.2) is 29.0 Å². The first kappa shape index (κ1) is 16.4. The Balaban J connectivity index is 1.59. The van der Waals surface area contributed by atoms with E-state index in [0.29, 0.717) is 5.56 Å². The number of benzene rings is 1. The Morgan fingerprint density at radius 2 is 2.00 bits per heavy atom. The van der Waals surface area contributed by atoms with Gasteiger partial charge < -0.3 is 10.2 Å². The molecule has 1 fully saturated rings. The van der Waals surface area contributed by atoms with E-state index in [9.17, 15) is 9.18 Å². The van der Waals surface area contributed by atoms with Crippen LogP contribution in [-0.2, 0) is 6.54 Å². The minimum absolute atomic E-state index is 0.124. The number of hydrogen-bond donors (Lipinski definition) is 1. The first-order chi connectivity index (χ1) is 11.6. The Hall–Kier alpha value is -2.50. The van der Waals surface area contributed by atoms with Crippen LogP contribution in [0.2, 0.25) is 0 Å². The van der Waals surface area contributed by atoms with Crippen molar-refractivity contribution in [3.8, 4) is 0 Å². The van der Waals surface area contributed by atoms with Gasteiger partial charge in [-0.2, -0.15) is 0 Å². The van der Waals surface area contributed by atoms with Gasteiger partial charge in [-0.1, -0.05) is 25.1 Å². The molecule has 0 radical (unpaired) electrons. The number of carbonyl (C=O) groups is 1. The summed E-state index contributed by atoms with van der Waals surface area (Å²) in [4.78, 5) is 22.8. The lowest BCUT2D eigenvalue weighted by Crippen LogP contribution is -2.33.